The van der Waals surface area contributed by atoms with Gasteiger partial charge in [-0.05, 0) is 56.8 Å². The molecule has 1 aromatic rings. The first-order valence-corrected chi connectivity index (χ1v) is 7.26. The minimum atomic E-state index is 0.340. The zero-order valence-electron chi connectivity index (χ0n) is 11.6. The summed E-state index contributed by atoms with van der Waals surface area (Å²) in [6, 6.07) is 8.91. The molecule has 1 aliphatic rings. The maximum absolute atomic E-state index is 6.18. The monoisotopic (exact) mass is 247 g/mol. The van der Waals surface area contributed by atoms with Gasteiger partial charge >= 0.3 is 0 Å². The second-order valence-corrected chi connectivity index (χ2v) is 5.32. The van der Waals surface area contributed by atoms with Crippen molar-refractivity contribution in [3.8, 4) is 5.75 Å². The molecule has 1 saturated carbocycles. The van der Waals surface area contributed by atoms with Gasteiger partial charge in [-0.2, -0.15) is 0 Å². The summed E-state index contributed by atoms with van der Waals surface area (Å²) in [5, 5.41) is 3.63. The molecule has 0 bridgehead atoms. The van der Waals surface area contributed by atoms with Crippen molar-refractivity contribution in [3.63, 3.8) is 0 Å². The van der Waals surface area contributed by atoms with E-state index in [0.717, 1.165) is 12.3 Å². The molecule has 0 saturated heterocycles. The Morgan fingerprint density at radius 2 is 2.11 bits per heavy atom. The fourth-order valence-electron chi connectivity index (χ4n) is 2.66. The van der Waals surface area contributed by atoms with Crippen molar-refractivity contribution in [3.05, 3.63) is 29.8 Å². The van der Waals surface area contributed by atoms with Crippen molar-refractivity contribution < 1.29 is 4.74 Å². The van der Waals surface area contributed by atoms with Gasteiger partial charge in [-0.15, -0.1) is 0 Å². The highest BCUT2D eigenvalue weighted by Gasteiger charge is 2.25. The zero-order chi connectivity index (χ0) is 12.8. The van der Waals surface area contributed by atoms with E-state index in [4.69, 9.17) is 4.74 Å². The van der Waals surface area contributed by atoms with E-state index in [1.165, 1.54) is 37.7 Å². The first kappa shape index (κ1) is 13.4. The van der Waals surface area contributed by atoms with Crippen molar-refractivity contribution in [1.82, 2.24) is 5.32 Å². The summed E-state index contributed by atoms with van der Waals surface area (Å²) in [4.78, 5) is 0. The number of nitrogens with one attached hydrogen (secondary N) is 1. The largest absolute Gasteiger partial charge is 0.489 e. The minimum Gasteiger partial charge on any atom is -0.489 e. The van der Waals surface area contributed by atoms with Crippen molar-refractivity contribution in [2.75, 3.05) is 6.54 Å². The van der Waals surface area contributed by atoms with Gasteiger partial charge in [0.2, 0.25) is 0 Å². The molecule has 18 heavy (non-hydrogen) atoms. The Hall–Kier alpha value is -1.02. The van der Waals surface area contributed by atoms with Crippen molar-refractivity contribution in [2.45, 2.75) is 58.1 Å². The van der Waals surface area contributed by atoms with Gasteiger partial charge < -0.3 is 10.1 Å². The van der Waals surface area contributed by atoms with Crippen LogP contribution >= 0.6 is 0 Å². The molecule has 2 nitrogen and oxygen atoms in total. The van der Waals surface area contributed by atoms with E-state index in [1.54, 1.807) is 0 Å². The molecule has 1 aromatic carbocycles. The van der Waals surface area contributed by atoms with Crippen LogP contribution in [0.1, 0.15) is 44.6 Å². The Labute approximate surface area is 111 Å². The highest BCUT2D eigenvalue weighted by atomic mass is 16.5. The molecule has 1 N–H and O–H groups in total. The molecular weight excluding hydrogens is 222 g/mol. The van der Waals surface area contributed by atoms with Crippen LogP contribution in [-0.4, -0.2) is 18.7 Å². The Bertz CT molecular complexity index is 364. The molecule has 2 heteroatoms. The number of hydrogen-bond acceptors (Lipinski definition) is 2. The molecule has 0 spiro atoms. The van der Waals surface area contributed by atoms with E-state index in [0.29, 0.717) is 12.1 Å². The molecule has 0 aliphatic heterocycles. The molecule has 2 unspecified atom stereocenters. The van der Waals surface area contributed by atoms with Crippen LogP contribution in [0, 0.1) is 6.92 Å². The van der Waals surface area contributed by atoms with Gasteiger partial charge in [0.25, 0.3) is 0 Å². The van der Waals surface area contributed by atoms with Gasteiger partial charge in [0.15, 0.2) is 0 Å². The summed E-state index contributed by atoms with van der Waals surface area (Å²) < 4.78 is 6.18. The highest BCUT2D eigenvalue weighted by Crippen LogP contribution is 2.24. The Morgan fingerprint density at radius 1 is 1.28 bits per heavy atom. The quantitative estimate of drug-likeness (QED) is 0.857. The van der Waals surface area contributed by atoms with E-state index >= 15 is 0 Å². The smallest absolute Gasteiger partial charge is 0.120 e. The molecule has 2 rings (SSSR count). The molecule has 0 radical (unpaired) electrons. The summed E-state index contributed by atoms with van der Waals surface area (Å²) >= 11 is 0. The Morgan fingerprint density at radius 3 is 2.89 bits per heavy atom. The predicted octanol–water partition coefficient (Wildman–Crippen LogP) is 3.68. The molecule has 1 aliphatic carbocycles. The second-order valence-electron chi connectivity index (χ2n) is 5.32. The third-order valence-electron chi connectivity index (χ3n) is 3.64. The van der Waals surface area contributed by atoms with E-state index in [1.807, 2.05) is 0 Å². The molecule has 0 aromatic heterocycles. The standard InChI is InChI=1S/C16H25NO/c1-3-11-17-15-9-4-5-10-16(15)18-14-8-6-7-13(2)12-14/h6-8,12,15-17H,3-5,9-11H2,1-2H3. The van der Waals surface area contributed by atoms with Gasteiger partial charge in [0.05, 0.1) is 0 Å². The molecule has 0 amide bonds. The lowest BCUT2D eigenvalue weighted by Crippen LogP contribution is -2.45. The highest BCUT2D eigenvalue weighted by molar-refractivity contribution is 5.27. The van der Waals surface area contributed by atoms with Gasteiger partial charge in [-0.1, -0.05) is 25.5 Å². The van der Waals surface area contributed by atoms with Crippen molar-refractivity contribution in [2.24, 2.45) is 0 Å². The second kappa shape index (κ2) is 6.79. The van der Waals surface area contributed by atoms with Crippen LogP contribution in [0.15, 0.2) is 24.3 Å². The Kier molecular flexibility index (Phi) is 5.06. The fourth-order valence-corrected chi connectivity index (χ4v) is 2.66. The Balaban J connectivity index is 1.96. The lowest BCUT2D eigenvalue weighted by Gasteiger charge is -2.32. The van der Waals surface area contributed by atoms with Crippen LogP contribution in [0.3, 0.4) is 0 Å². The van der Waals surface area contributed by atoms with Gasteiger partial charge in [-0.3, -0.25) is 0 Å². The molecule has 100 valence electrons. The SMILES string of the molecule is CCCNC1CCCCC1Oc1cccc(C)c1. The normalized spacial score (nSPS) is 23.9. The fraction of sp³-hybridized carbons (Fsp3) is 0.625. The summed E-state index contributed by atoms with van der Waals surface area (Å²) in [6.07, 6.45) is 6.57. The maximum Gasteiger partial charge on any atom is 0.120 e. The average molecular weight is 247 g/mol. The molecule has 1 fully saturated rings. The molecule has 0 heterocycles. The summed E-state index contributed by atoms with van der Waals surface area (Å²) in [5.74, 6) is 1.02. The van der Waals surface area contributed by atoms with Crippen LogP contribution in [0.4, 0.5) is 0 Å². The van der Waals surface area contributed by atoms with Gasteiger partial charge in [-0.25, -0.2) is 0 Å². The predicted molar refractivity (Wildman–Crippen MR) is 76.1 cm³/mol. The van der Waals surface area contributed by atoms with Crippen molar-refractivity contribution >= 4 is 0 Å². The number of rotatable bonds is 5. The van der Waals surface area contributed by atoms with E-state index in [9.17, 15) is 0 Å². The molecule has 2 atom stereocenters. The van der Waals surface area contributed by atoms with Gasteiger partial charge in [0, 0.05) is 6.04 Å². The number of aryl methyl sites for hydroxylation is 1. The summed E-state index contributed by atoms with van der Waals surface area (Å²) in [5.41, 5.74) is 1.27. The van der Waals surface area contributed by atoms with Crippen LogP contribution in [0.25, 0.3) is 0 Å². The first-order valence-electron chi connectivity index (χ1n) is 7.26. The molecular formula is C16H25NO. The van der Waals surface area contributed by atoms with Crippen LogP contribution in [0.2, 0.25) is 0 Å². The van der Waals surface area contributed by atoms with Crippen LogP contribution in [0.5, 0.6) is 5.75 Å². The van der Waals surface area contributed by atoms with Gasteiger partial charge in [0.1, 0.15) is 11.9 Å². The average Bonchev–Trinajstić information content (AvgIpc) is 2.38. The summed E-state index contributed by atoms with van der Waals surface area (Å²) in [6.45, 7) is 5.42. The van der Waals surface area contributed by atoms with Crippen molar-refractivity contribution in [1.29, 1.82) is 0 Å². The van der Waals surface area contributed by atoms with Crippen LogP contribution < -0.4 is 10.1 Å². The van der Waals surface area contributed by atoms with E-state index in [-0.39, 0.29) is 0 Å². The van der Waals surface area contributed by atoms with Crippen LogP contribution in [-0.2, 0) is 0 Å². The summed E-state index contributed by atoms with van der Waals surface area (Å²) in [7, 11) is 0. The maximum atomic E-state index is 6.18. The third-order valence-corrected chi connectivity index (χ3v) is 3.64. The number of hydrogen-bond donors (Lipinski definition) is 1. The topological polar surface area (TPSA) is 21.3 Å². The third kappa shape index (κ3) is 3.74. The number of benzene rings is 1. The number of ether oxygens (including phenoxy) is 1. The lowest BCUT2D eigenvalue weighted by atomic mass is 9.92. The first-order chi connectivity index (χ1) is 8.79. The minimum absolute atomic E-state index is 0.340. The lowest BCUT2D eigenvalue weighted by molar-refractivity contribution is 0.114. The van der Waals surface area contributed by atoms with E-state index in [2.05, 4.69) is 43.4 Å². The van der Waals surface area contributed by atoms with E-state index < -0.39 is 0 Å². The zero-order valence-corrected chi connectivity index (χ0v) is 11.6.